The predicted molar refractivity (Wildman–Crippen MR) is 91.4 cm³/mol. The van der Waals surface area contributed by atoms with Crippen LogP contribution in [0.1, 0.15) is 59.8 Å². The number of ketones is 1. The highest BCUT2D eigenvalue weighted by Gasteiger charge is 2.48. The van der Waals surface area contributed by atoms with E-state index in [0.717, 1.165) is 24.8 Å². The predicted octanol–water partition coefficient (Wildman–Crippen LogP) is 3.50. The number of aliphatic hydroxyl groups is 1. The molecule has 2 N–H and O–H groups in total. The molecule has 0 saturated heterocycles. The van der Waals surface area contributed by atoms with Crippen LogP contribution in [0.3, 0.4) is 0 Å². The Labute approximate surface area is 143 Å². The van der Waals surface area contributed by atoms with Crippen LogP contribution in [0.25, 0.3) is 0 Å². The van der Waals surface area contributed by atoms with E-state index in [1.54, 1.807) is 0 Å². The minimum Gasteiger partial charge on any atom is -0.481 e. The molecular formula is C20H28O4. The summed E-state index contributed by atoms with van der Waals surface area (Å²) in [5, 5.41) is 19.9. The van der Waals surface area contributed by atoms with Crippen molar-refractivity contribution < 1.29 is 19.8 Å². The summed E-state index contributed by atoms with van der Waals surface area (Å²) >= 11 is 0. The molecule has 0 fully saturated rings. The molecule has 0 aliphatic heterocycles. The fourth-order valence-electron chi connectivity index (χ4n) is 5.13. The van der Waals surface area contributed by atoms with Gasteiger partial charge in [0.25, 0.3) is 0 Å². The van der Waals surface area contributed by atoms with E-state index in [1.165, 1.54) is 11.1 Å². The third-order valence-electron chi connectivity index (χ3n) is 6.57. The van der Waals surface area contributed by atoms with Gasteiger partial charge in [-0.15, -0.1) is 0 Å². The summed E-state index contributed by atoms with van der Waals surface area (Å²) in [4.78, 5) is 24.3. The third-order valence-corrected chi connectivity index (χ3v) is 6.57. The Bertz CT molecular complexity index is 655. The molecule has 4 atom stereocenters. The van der Waals surface area contributed by atoms with Crippen molar-refractivity contribution in [2.24, 2.45) is 23.2 Å². The van der Waals surface area contributed by atoms with Gasteiger partial charge in [-0.1, -0.05) is 44.4 Å². The van der Waals surface area contributed by atoms with Crippen LogP contribution in [0.15, 0.2) is 22.3 Å². The van der Waals surface area contributed by atoms with E-state index < -0.39 is 18.0 Å². The Balaban J connectivity index is 2.13. The van der Waals surface area contributed by atoms with Gasteiger partial charge in [0.2, 0.25) is 0 Å². The van der Waals surface area contributed by atoms with Crippen LogP contribution >= 0.6 is 0 Å². The van der Waals surface area contributed by atoms with Crippen molar-refractivity contribution in [3.8, 4) is 0 Å². The molecule has 0 bridgehead atoms. The smallest absolute Gasteiger partial charge is 0.311 e. The number of carbonyl (C=O) groups excluding carboxylic acids is 1. The maximum atomic E-state index is 12.5. The number of Topliss-reactive ketones (excluding diaryl/α,β-unsaturated/α-hetero) is 1. The zero-order chi connectivity index (χ0) is 17.8. The molecule has 0 amide bonds. The Morgan fingerprint density at radius 1 is 1.29 bits per heavy atom. The third kappa shape index (κ3) is 2.46. The van der Waals surface area contributed by atoms with E-state index in [2.05, 4.69) is 20.8 Å². The molecule has 0 saturated carbocycles. The van der Waals surface area contributed by atoms with Gasteiger partial charge in [-0.05, 0) is 43.4 Å². The molecule has 24 heavy (non-hydrogen) atoms. The first-order valence-electron chi connectivity index (χ1n) is 9.07. The average Bonchev–Trinajstić information content (AvgIpc) is 2.90. The van der Waals surface area contributed by atoms with Crippen LogP contribution in [0.5, 0.6) is 0 Å². The van der Waals surface area contributed by atoms with Gasteiger partial charge in [-0.2, -0.15) is 0 Å². The maximum absolute atomic E-state index is 12.5. The highest BCUT2D eigenvalue weighted by atomic mass is 16.4. The van der Waals surface area contributed by atoms with Crippen molar-refractivity contribution in [1.82, 2.24) is 0 Å². The number of carboxylic acid groups (broad SMARTS) is 1. The molecule has 0 aromatic rings. The van der Waals surface area contributed by atoms with E-state index in [-0.39, 0.29) is 17.1 Å². The zero-order valence-electron chi connectivity index (χ0n) is 15.1. The van der Waals surface area contributed by atoms with Crippen LogP contribution < -0.4 is 0 Å². The summed E-state index contributed by atoms with van der Waals surface area (Å²) in [6.45, 7) is 8.52. The van der Waals surface area contributed by atoms with E-state index in [9.17, 15) is 19.8 Å². The normalized spacial score (nSPS) is 36.8. The van der Waals surface area contributed by atoms with Crippen molar-refractivity contribution in [3.63, 3.8) is 0 Å². The van der Waals surface area contributed by atoms with Gasteiger partial charge in [-0.25, -0.2) is 0 Å². The van der Waals surface area contributed by atoms with E-state index in [1.807, 2.05) is 6.92 Å². The quantitative estimate of drug-likeness (QED) is 0.759. The molecule has 0 heterocycles. The maximum Gasteiger partial charge on any atom is 0.311 e. The summed E-state index contributed by atoms with van der Waals surface area (Å²) in [7, 11) is 0. The van der Waals surface area contributed by atoms with Crippen LogP contribution in [-0.4, -0.2) is 28.1 Å². The molecular weight excluding hydrogens is 304 g/mol. The lowest BCUT2D eigenvalue weighted by molar-refractivity contribution is -0.142. The number of aliphatic carboxylic acids is 1. The van der Waals surface area contributed by atoms with Crippen molar-refractivity contribution in [2.45, 2.75) is 65.9 Å². The molecule has 4 heteroatoms. The average molecular weight is 332 g/mol. The number of carbonyl (C=O) groups is 2. The summed E-state index contributed by atoms with van der Waals surface area (Å²) < 4.78 is 0. The number of rotatable bonds is 2. The van der Waals surface area contributed by atoms with Crippen LogP contribution in [0.4, 0.5) is 0 Å². The molecule has 3 aliphatic rings. The lowest BCUT2D eigenvalue weighted by Crippen LogP contribution is -2.27. The first kappa shape index (κ1) is 17.4. The second kappa shape index (κ2) is 5.83. The van der Waals surface area contributed by atoms with Gasteiger partial charge < -0.3 is 10.2 Å². The topological polar surface area (TPSA) is 74.6 Å². The van der Waals surface area contributed by atoms with Crippen molar-refractivity contribution in [3.05, 3.63) is 22.3 Å². The lowest BCUT2D eigenvalue weighted by atomic mass is 9.70. The van der Waals surface area contributed by atoms with Crippen molar-refractivity contribution >= 4 is 11.8 Å². The second-order valence-corrected chi connectivity index (χ2v) is 8.36. The molecule has 3 aliphatic carbocycles. The van der Waals surface area contributed by atoms with Gasteiger partial charge in [0.1, 0.15) is 6.10 Å². The number of hydrogen-bond donors (Lipinski definition) is 2. The molecule has 0 radical (unpaired) electrons. The molecule has 0 spiro atoms. The molecule has 132 valence electrons. The lowest BCUT2D eigenvalue weighted by Gasteiger charge is -2.34. The monoisotopic (exact) mass is 332 g/mol. The van der Waals surface area contributed by atoms with Gasteiger partial charge in [0.05, 0.1) is 5.92 Å². The molecule has 0 aromatic carbocycles. The van der Waals surface area contributed by atoms with Crippen LogP contribution in [-0.2, 0) is 9.59 Å². The number of fused-ring (bicyclic) bond motifs is 1. The number of allylic oxidation sites excluding steroid dienone is 2. The Kier molecular flexibility index (Phi) is 4.23. The Morgan fingerprint density at radius 2 is 1.96 bits per heavy atom. The number of carboxylic acids is 1. The summed E-state index contributed by atoms with van der Waals surface area (Å²) in [5.41, 5.74) is 4.19. The van der Waals surface area contributed by atoms with E-state index in [0.29, 0.717) is 24.3 Å². The fraction of sp³-hybridized carbons (Fsp3) is 0.700. The van der Waals surface area contributed by atoms with E-state index in [4.69, 9.17) is 0 Å². The van der Waals surface area contributed by atoms with Gasteiger partial charge in [0, 0.05) is 11.5 Å². The Morgan fingerprint density at radius 3 is 2.54 bits per heavy atom. The standard InChI is InChI=1S/C20H28O4/c1-10(2)12-7-8-20(4)9-14-11(3)17(21)18(22)16(14)13(19(23)24)5-6-15(12)20/h10-11,13,17,21H,5-9H2,1-4H3,(H,23,24)/t11-,13+,17-,20-/m0/s1. The first-order chi connectivity index (χ1) is 11.2. The van der Waals surface area contributed by atoms with Gasteiger partial charge in [-0.3, -0.25) is 9.59 Å². The fourth-order valence-corrected chi connectivity index (χ4v) is 5.13. The zero-order valence-corrected chi connectivity index (χ0v) is 15.1. The molecule has 4 nitrogen and oxygen atoms in total. The van der Waals surface area contributed by atoms with Crippen LogP contribution in [0.2, 0.25) is 0 Å². The molecule has 0 unspecified atom stereocenters. The van der Waals surface area contributed by atoms with Crippen molar-refractivity contribution in [1.29, 1.82) is 0 Å². The van der Waals surface area contributed by atoms with Crippen molar-refractivity contribution in [2.75, 3.05) is 0 Å². The molecule has 3 rings (SSSR count). The number of hydrogen-bond acceptors (Lipinski definition) is 3. The first-order valence-corrected chi connectivity index (χ1v) is 9.07. The van der Waals surface area contributed by atoms with E-state index >= 15 is 0 Å². The highest BCUT2D eigenvalue weighted by molar-refractivity contribution is 6.06. The Hall–Kier alpha value is -1.42. The van der Waals surface area contributed by atoms with Gasteiger partial charge >= 0.3 is 5.97 Å². The summed E-state index contributed by atoms with van der Waals surface area (Å²) in [6.07, 6.45) is 2.96. The minimum atomic E-state index is -1.07. The minimum absolute atomic E-state index is 0.00224. The second-order valence-electron chi connectivity index (χ2n) is 8.36. The summed E-state index contributed by atoms with van der Waals surface area (Å²) in [6, 6.07) is 0. The largest absolute Gasteiger partial charge is 0.481 e. The van der Waals surface area contributed by atoms with Gasteiger partial charge in [0.15, 0.2) is 5.78 Å². The van der Waals surface area contributed by atoms with Crippen LogP contribution in [0, 0.1) is 23.2 Å². The number of aliphatic hydroxyl groups excluding tert-OH is 1. The summed E-state index contributed by atoms with van der Waals surface area (Å²) in [5.74, 6) is -1.87. The molecule has 0 aromatic heterocycles. The highest BCUT2D eigenvalue weighted by Crippen LogP contribution is 2.55. The SMILES string of the molecule is CC(C)C1=C2CC[C@@H](C(=O)O)C3=C(C[C@]2(C)CC1)[C@H](C)[C@H](O)C3=O.